The lowest BCUT2D eigenvalue weighted by Gasteiger charge is -2.17. The summed E-state index contributed by atoms with van der Waals surface area (Å²) >= 11 is 5.77. The normalized spacial score (nSPS) is 12.7. The van der Waals surface area contributed by atoms with E-state index in [0.717, 1.165) is 18.4 Å². The summed E-state index contributed by atoms with van der Waals surface area (Å²) in [5.74, 6) is 0.619. The standard InChI is InChI=1S/C16H26ClN5O/c1-5-12(2)21-16(20-11-15(23)22(3)4)18-9-8-13-6-7-14(17)19-10-13/h6-7,10,12H,5,8-9,11H2,1-4H3,(H2,18,20,21). The van der Waals surface area contributed by atoms with Crippen LogP contribution in [0.15, 0.2) is 23.3 Å². The number of halogens is 1. The molecule has 0 aromatic carbocycles. The van der Waals surface area contributed by atoms with Gasteiger partial charge in [-0.1, -0.05) is 24.6 Å². The number of rotatable bonds is 7. The van der Waals surface area contributed by atoms with Gasteiger partial charge in [0, 0.05) is 32.9 Å². The second-order valence-corrected chi connectivity index (χ2v) is 5.96. The third kappa shape index (κ3) is 7.83. The average molecular weight is 340 g/mol. The molecule has 1 atom stereocenters. The van der Waals surface area contributed by atoms with Crippen LogP contribution in [0.2, 0.25) is 5.15 Å². The molecule has 6 nitrogen and oxygen atoms in total. The van der Waals surface area contributed by atoms with Crippen LogP contribution < -0.4 is 10.6 Å². The lowest BCUT2D eigenvalue weighted by Crippen LogP contribution is -2.43. The highest BCUT2D eigenvalue weighted by atomic mass is 35.5. The Labute approximate surface area is 143 Å². The molecule has 1 rings (SSSR count). The molecule has 0 aliphatic carbocycles. The fourth-order valence-electron chi connectivity index (χ4n) is 1.66. The Kier molecular flexibility index (Phi) is 8.40. The van der Waals surface area contributed by atoms with Crippen molar-refractivity contribution in [1.82, 2.24) is 20.5 Å². The highest BCUT2D eigenvalue weighted by Gasteiger charge is 2.07. The number of amides is 1. The van der Waals surface area contributed by atoms with Crippen LogP contribution in [-0.2, 0) is 11.2 Å². The summed E-state index contributed by atoms with van der Waals surface area (Å²) in [5, 5.41) is 7.03. The number of likely N-dealkylation sites (N-methyl/N-ethyl adjacent to an activating group) is 1. The molecule has 23 heavy (non-hydrogen) atoms. The van der Waals surface area contributed by atoms with Gasteiger partial charge in [0.25, 0.3) is 0 Å². The van der Waals surface area contributed by atoms with Crippen molar-refractivity contribution < 1.29 is 4.79 Å². The summed E-state index contributed by atoms with van der Waals surface area (Å²) in [4.78, 5) is 21.6. The molecule has 0 bridgehead atoms. The average Bonchev–Trinajstić information content (AvgIpc) is 2.53. The molecule has 1 unspecified atom stereocenters. The van der Waals surface area contributed by atoms with Crippen LogP contribution in [0.25, 0.3) is 0 Å². The van der Waals surface area contributed by atoms with Gasteiger partial charge in [-0.3, -0.25) is 4.79 Å². The van der Waals surface area contributed by atoms with Gasteiger partial charge in [-0.25, -0.2) is 9.98 Å². The number of nitrogens with zero attached hydrogens (tertiary/aromatic N) is 3. The molecule has 1 aromatic heterocycles. The molecule has 0 aliphatic rings. The van der Waals surface area contributed by atoms with Gasteiger partial charge in [0.05, 0.1) is 0 Å². The van der Waals surface area contributed by atoms with Crippen LogP contribution in [-0.4, -0.2) is 55.0 Å². The molecule has 7 heteroatoms. The predicted octanol–water partition coefficient (Wildman–Crippen LogP) is 1.70. The van der Waals surface area contributed by atoms with Crippen LogP contribution in [0.5, 0.6) is 0 Å². The number of aliphatic imine (C=N–C) groups is 1. The van der Waals surface area contributed by atoms with E-state index in [1.54, 1.807) is 26.4 Å². The molecule has 1 heterocycles. The molecule has 0 saturated heterocycles. The fraction of sp³-hybridized carbons (Fsp3) is 0.562. The lowest BCUT2D eigenvalue weighted by atomic mass is 10.2. The number of carbonyl (C=O) groups excluding carboxylic acids is 1. The SMILES string of the molecule is CCC(C)NC(=NCC(=O)N(C)C)NCCc1ccc(Cl)nc1. The number of guanidine groups is 1. The van der Waals surface area contributed by atoms with Crippen molar-refractivity contribution in [3.63, 3.8) is 0 Å². The largest absolute Gasteiger partial charge is 0.356 e. The van der Waals surface area contributed by atoms with Gasteiger partial charge in [0.1, 0.15) is 11.7 Å². The monoisotopic (exact) mass is 339 g/mol. The number of hydrogen-bond acceptors (Lipinski definition) is 3. The number of carbonyl (C=O) groups is 1. The highest BCUT2D eigenvalue weighted by Crippen LogP contribution is 2.05. The molecule has 1 aromatic rings. The van der Waals surface area contributed by atoms with Crippen molar-refractivity contribution in [3.05, 3.63) is 29.0 Å². The van der Waals surface area contributed by atoms with Crippen LogP contribution in [0.3, 0.4) is 0 Å². The number of hydrogen-bond donors (Lipinski definition) is 2. The van der Waals surface area contributed by atoms with E-state index in [0.29, 0.717) is 17.7 Å². The molecule has 0 fully saturated rings. The van der Waals surface area contributed by atoms with Gasteiger partial charge < -0.3 is 15.5 Å². The Hall–Kier alpha value is -1.82. The second kappa shape index (κ2) is 10.0. The van der Waals surface area contributed by atoms with E-state index >= 15 is 0 Å². The fourth-order valence-corrected chi connectivity index (χ4v) is 1.77. The summed E-state index contributed by atoms with van der Waals surface area (Å²) in [6.45, 7) is 5.00. The molecule has 2 N–H and O–H groups in total. The summed E-state index contributed by atoms with van der Waals surface area (Å²) in [5.41, 5.74) is 1.09. The number of nitrogens with one attached hydrogen (secondary N) is 2. The van der Waals surface area contributed by atoms with E-state index in [-0.39, 0.29) is 18.5 Å². The molecule has 1 amide bonds. The van der Waals surface area contributed by atoms with E-state index in [4.69, 9.17) is 11.6 Å². The Morgan fingerprint density at radius 1 is 1.43 bits per heavy atom. The zero-order valence-electron chi connectivity index (χ0n) is 14.3. The lowest BCUT2D eigenvalue weighted by molar-refractivity contribution is -0.127. The summed E-state index contributed by atoms with van der Waals surface area (Å²) in [6.07, 6.45) is 3.54. The molecule has 0 spiro atoms. The first kappa shape index (κ1) is 19.2. The van der Waals surface area contributed by atoms with Gasteiger partial charge in [-0.2, -0.15) is 0 Å². The van der Waals surface area contributed by atoms with Gasteiger partial charge in [-0.15, -0.1) is 0 Å². The zero-order chi connectivity index (χ0) is 17.2. The zero-order valence-corrected chi connectivity index (χ0v) is 15.0. The minimum atomic E-state index is -0.0304. The van der Waals surface area contributed by atoms with Crippen LogP contribution in [0.4, 0.5) is 0 Å². The first-order valence-corrected chi connectivity index (χ1v) is 8.15. The second-order valence-electron chi connectivity index (χ2n) is 5.57. The van der Waals surface area contributed by atoms with Crippen molar-refractivity contribution >= 4 is 23.5 Å². The highest BCUT2D eigenvalue weighted by molar-refractivity contribution is 6.29. The molecular formula is C16H26ClN5O. The Bertz CT molecular complexity index is 516. The van der Waals surface area contributed by atoms with E-state index in [1.165, 1.54) is 4.90 Å². The van der Waals surface area contributed by atoms with Crippen molar-refractivity contribution in [2.75, 3.05) is 27.2 Å². The molecule has 128 valence electrons. The summed E-state index contributed by atoms with van der Waals surface area (Å²) in [7, 11) is 3.45. The summed E-state index contributed by atoms with van der Waals surface area (Å²) in [6, 6.07) is 4.01. The van der Waals surface area contributed by atoms with Crippen LogP contribution >= 0.6 is 11.6 Å². The smallest absolute Gasteiger partial charge is 0.243 e. The third-order valence-electron chi connectivity index (χ3n) is 3.36. The quantitative estimate of drug-likeness (QED) is 0.450. The summed E-state index contributed by atoms with van der Waals surface area (Å²) < 4.78 is 0. The maximum atomic E-state index is 11.7. The van der Waals surface area contributed by atoms with Gasteiger partial charge in [0.15, 0.2) is 5.96 Å². The molecular weight excluding hydrogens is 314 g/mol. The van der Waals surface area contributed by atoms with E-state index in [2.05, 4.69) is 34.5 Å². The van der Waals surface area contributed by atoms with Gasteiger partial charge in [0.2, 0.25) is 5.91 Å². The van der Waals surface area contributed by atoms with Crippen molar-refractivity contribution in [2.45, 2.75) is 32.7 Å². The maximum Gasteiger partial charge on any atom is 0.243 e. The maximum absolute atomic E-state index is 11.7. The third-order valence-corrected chi connectivity index (χ3v) is 3.59. The molecule has 0 aliphatic heterocycles. The van der Waals surface area contributed by atoms with E-state index in [1.807, 2.05) is 6.07 Å². The van der Waals surface area contributed by atoms with Gasteiger partial charge in [-0.05, 0) is 31.4 Å². The topological polar surface area (TPSA) is 69.6 Å². The number of aromatic nitrogens is 1. The van der Waals surface area contributed by atoms with E-state index < -0.39 is 0 Å². The van der Waals surface area contributed by atoms with Crippen molar-refractivity contribution in [3.8, 4) is 0 Å². The Morgan fingerprint density at radius 3 is 2.74 bits per heavy atom. The minimum absolute atomic E-state index is 0.0304. The molecule has 0 saturated carbocycles. The predicted molar refractivity (Wildman–Crippen MR) is 94.8 cm³/mol. The first-order chi connectivity index (χ1) is 10.9. The van der Waals surface area contributed by atoms with E-state index in [9.17, 15) is 4.79 Å². The van der Waals surface area contributed by atoms with Crippen LogP contribution in [0, 0.1) is 0 Å². The molecule has 0 radical (unpaired) electrons. The van der Waals surface area contributed by atoms with Crippen LogP contribution in [0.1, 0.15) is 25.8 Å². The first-order valence-electron chi connectivity index (χ1n) is 7.77. The van der Waals surface area contributed by atoms with Crippen molar-refractivity contribution in [1.29, 1.82) is 0 Å². The van der Waals surface area contributed by atoms with Gasteiger partial charge >= 0.3 is 0 Å². The van der Waals surface area contributed by atoms with Crippen molar-refractivity contribution in [2.24, 2.45) is 4.99 Å². The Balaban J connectivity index is 2.56. The number of pyridine rings is 1. The Morgan fingerprint density at radius 2 is 2.17 bits per heavy atom. The minimum Gasteiger partial charge on any atom is -0.356 e.